The molecule has 1 amide bonds. The third-order valence-corrected chi connectivity index (χ3v) is 3.79. The van der Waals surface area contributed by atoms with E-state index < -0.39 is 6.04 Å². The second-order valence-electron chi connectivity index (χ2n) is 5.01. The summed E-state index contributed by atoms with van der Waals surface area (Å²) in [5, 5.41) is 10.1. The first kappa shape index (κ1) is 12.1. The van der Waals surface area contributed by atoms with Crippen LogP contribution in [0.2, 0.25) is 0 Å². The zero-order valence-electron chi connectivity index (χ0n) is 11.0. The van der Waals surface area contributed by atoms with E-state index in [-0.39, 0.29) is 24.4 Å². The van der Waals surface area contributed by atoms with E-state index in [0.29, 0.717) is 17.2 Å². The molecule has 0 spiro atoms. The first-order chi connectivity index (χ1) is 10.2. The van der Waals surface area contributed by atoms with Crippen molar-refractivity contribution < 1.29 is 19.4 Å². The molecule has 1 aliphatic carbocycles. The van der Waals surface area contributed by atoms with Crippen LogP contribution in [-0.2, 0) is 4.79 Å². The van der Waals surface area contributed by atoms with E-state index in [2.05, 4.69) is 6.08 Å². The van der Waals surface area contributed by atoms with Crippen LogP contribution in [0, 0.1) is 12.0 Å². The number of anilines is 1. The van der Waals surface area contributed by atoms with Crippen molar-refractivity contribution in [3.8, 4) is 11.5 Å². The number of ether oxygens (including phenoxy) is 2. The lowest BCUT2D eigenvalue weighted by Crippen LogP contribution is -2.39. The van der Waals surface area contributed by atoms with Crippen LogP contribution in [0.4, 0.5) is 5.69 Å². The lowest BCUT2D eigenvalue weighted by molar-refractivity contribution is -0.114. The molecule has 1 N–H and O–H groups in total. The van der Waals surface area contributed by atoms with Gasteiger partial charge in [-0.15, -0.1) is 0 Å². The van der Waals surface area contributed by atoms with Crippen molar-refractivity contribution in [1.29, 1.82) is 0 Å². The van der Waals surface area contributed by atoms with Crippen LogP contribution in [0.25, 0.3) is 0 Å². The summed E-state index contributed by atoms with van der Waals surface area (Å²) < 4.78 is 10.6. The van der Waals surface area contributed by atoms with E-state index in [1.165, 1.54) is 4.90 Å². The van der Waals surface area contributed by atoms with E-state index in [1.807, 2.05) is 24.3 Å². The van der Waals surface area contributed by atoms with Gasteiger partial charge < -0.3 is 14.6 Å². The summed E-state index contributed by atoms with van der Waals surface area (Å²) in [6.07, 6.45) is 10.2. The van der Waals surface area contributed by atoms with E-state index in [4.69, 9.17) is 9.47 Å². The molecule has 1 aromatic rings. The predicted octanol–water partition coefficient (Wildman–Crippen LogP) is 2.12. The number of aliphatic hydroxyl groups excluding tert-OH is 1. The van der Waals surface area contributed by atoms with Gasteiger partial charge in [-0.2, -0.15) is 0 Å². The maximum atomic E-state index is 12.2. The number of benzene rings is 1. The van der Waals surface area contributed by atoms with E-state index >= 15 is 0 Å². The molecular weight excluding hydrogens is 270 g/mol. The summed E-state index contributed by atoms with van der Waals surface area (Å²) >= 11 is 0. The lowest BCUT2D eigenvalue weighted by Gasteiger charge is -2.28. The largest absolute Gasteiger partial charge is 0.509 e. The Kier molecular flexibility index (Phi) is 2.54. The second-order valence-corrected chi connectivity index (χ2v) is 5.01. The van der Waals surface area contributed by atoms with E-state index in [0.717, 1.165) is 0 Å². The van der Waals surface area contributed by atoms with Gasteiger partial charge in [0.25, 0.3) is 5.91 Å². The number of nitrogens with zero attached hydrogens (tertiary/aromatic N) is 1. The van der Waals surface area contributed by atoms with Gasteiger partial charge in [0.1, 0.15) is 11.8 Å². The maximum Gasteiger partial charge on any atom is 0.263 e. The molecule has 1 radical (unpaired) electrons. The van der Waals surface area contributed by atoms with Crippen LogP contribution < -0.4 is 14.4 Å². The first-order valence-electron chi connectivity index (χ1n) is 6.65. The van der Waals surface area contributed by atoms with Crippen molar-refractivity contribution in [2.24, 2.45) is 5.92 Å². The minimum Gasteiger partial charge on any atom is -0.509 e. The van der Waals surface area contributed by atoms with Gasteiger partial charge in [0.15, 0.2) is 11.5 Å². The average molecular weight is 282 g/mol. The molecule has 5 nitrogen and oxygen atoms in total. The number of hydrogen-bond donors (Lipinski definition) is 1. The number of hydrogen-bond acceptors (Lipinski definition) is 4. The van der Waals surface area contributed by atoms with Gasteiger partial charge in [-0.25, -0.2) is 0 Å². The summed E-state index contributed by atoms with van der Waals surface area (Å²) in [7, 11) is 0. The van der Waals surface area contributed by atoms with Gasteiger partial charge in [-0.05, 0) is 12.1 Å². The highest BCUT2D eigenvalue weighted by Gasteiger charge is 2.39. The molecule has 21 heavy (non-hydrogen) atoms. The molecule has 1 aromatic carbocycles. The van der Waals surface area contributed by atoms with E-state index in [9.17, 15) is 9.90 Å². The summed E-state index contributed by atoms with van der Waals surface area (Å²) in [6.45, 7) is 0.180. The molecule has 5 heteroatoms. The minimum atomic E-state index is -0.465. The lowest BCUT2D eigenvalue weighted by atomic mass is 9.99. The van der Waals surface area contributed by atoms with Crippen LogP contribution in [-0.4, -0.2) is 23.8 Å². The van der Waals surface area contributed by atoms with Crippen LogP contribution >= 0.6 is 0 Å². The van der Waals surface area contributed by atoms with Crippen molar-refractivity contribution in [2.75, 3.05) is 11.7 Å². The summed E-state index contributed by atoms with van der Waals surface area (Å²) in [5.41, 5.74) is 0.652. The molecular formula is C16H12NO4. The number of aliphatic hydroxyl groups is 1. The van der Waals surface area contributed by atoms with Crippen molar-refractivity contribution in [2.45, 2.75) is 6.04 Å². The fourth-order valence-electron chi connectivity index (χ4n) is 2.82. The Morgan fingerprint density at radius 2 is 1.95 bits per heavy atom. The minimum absolute atomic E-state index is 0.0427. The topological polar surface area (TPSA) is 59.0 Å². The van der Waals surface area contributed by atoms with Gasteiger partial charge in [-0.1, -0.05) is 24.3 Å². The number of rotatable bonds is 2. The Labute approximate surface area is 121 Å². The molecule has 4 rings (SSSR count). The third-order valence-electron chi connectivity index (χ3n) is 3.79. The Bertz CT molecular complexity index is 692. The molecule has 0 bridgehead atoms. The third kappa shape index (κ3) is 1.81. The van der Waals surface area contributed by atoms with Crippen LogP contribution in [0.1, 0.15) is 0 Å². The molecule has 0 aromatic heterocycles. The molecule has 105 valence electrons. The van der Waals surface area contributed by atoms with E-state index in [1.54, 1.807) is 18.2 Å². The number of carbonyl (C=O) groups is 1. The molecule has 3 aliphatic rings. The molecule has 1 atom stereocenters. The molecule has 0 fully saturated rings. The van der Waals surface area contributed by atoms with Gasteiger partial charge in [0.05, 0.1) is 6.08 Å². The van der Waals surface area contributed by atoms with Gasteiger partial charge in [0, 0.05) is 17.7 Å². The highest BCUT2D eigenvalue weighted by Crippen LogP contribution is 2.39. The zero-order chi connectivity index (χ0) is 14.4. The standard InChI is InChI=1S/C16H12NO4/c18-12-8-15(19)17(16(12)10-3-1-2-4-10)11-5-6-13-14(7-11)21-9-20-13/h1-7,10,16,18H,9H2. The summed E-state index contributed by atoms with van der Waals surface area (Å²) in [4.78, 5) is 13.7. The SMILES string of the molecule is O=C1[C]=C(O)C(C2C=CC=C2)N1c1ccc2c(c1)OCO2. The zero-order valence-corrected chi connectivity index (χ0v) is 11.0. The Hall–Kier alpha value is -2.69. The quantitative estimate of drug-likeness (QED) is 0.902. The van der Waals surface area contributed by atoms with Gasteiger partial charge in [-0.3, -0.25) is 9.69 Å². The van der Waals surface area contributed by atoms with Gasteiger partial charge in [0.2, 0.25) is 6.79 Å². The highest BCUT2D eigenvalue weighted by atomic mass is 16.7. The van der Waals surface area contributed by atoms with Crippen LogP contribution in [0.3, 0.4) is 0 Å². The normalized spacial score (nSPS) is 23.2. The highest BCUT2D eigenvalue weighted by molar-refractivity contribution is 6.03. The Balaban J connectivity index is 1.73. The fraction of sp³-hybridized carbons (Fsp3) is 0.188. The van der Waals surface area contributed by atoms with Crippen molar-refractivity contribution in [1.82, 2.24) is 0 Å². The average Bonchev–Trinajstić information content (AvgIpc) is 3.17. The number of carbonyl (C=O) groups excluding carboxylic acids is 1. The fourth-order valence-corrected chi connectivity index (χ4v) is 2.82. The van der Waals surface area contributed by atoms with Crippen LogP contribution in [0.15, 0.2) is 48.3 Å². The summed E-state index contributed by atoms with van der Waals surface area (Å²) in [6, 6.07) is 4.82. The maximum absolute atomic E-state index is 12.2. The Morgan fingerprint density at radius 3 is 2.76 bits per heavy atom. The monoisotopic (exact) mass is 282 g/mol. The number of fused-ring (bicyclic) bond motifs is 1. The summed E-state index contributed by atoms with van der Waals surface area (Å²) in [5.74, 6) is 0.796. The van der Waals surface area contributed by atoms with Crippen molar-refractivity contribution >= 4 is 11.6 Å². The van der Waals surface area contributed by atoms with Gasteiger partial charge >= 0.3 is 0 Å². The second kappa shape index (κ2) is 4.41. The molecule has 0 saturated carbocycles. The van der Waals surface area contributed by atoms with Crippen LogP contribution in [0.5, 0.6) is 11.5 Å². The number of amides is 1. The molecule has 2 aliphatic heterocycles. The molecule has 2 heterocycles. The van der Waals surface area contributed by atoms with Crippen molar-refractivity contribution in [3.05, 3.63) is 54.3 Å². The number of allylic oxidation sites excluding steroid dienone is 2. The first-order valence-corrected chi connectivity index (χ1v) is 6.65. The molecule has 0 saturated heterocycles. The predicted molar refractivity (Wildman–Crippen MR) is 75.0 cm³/mol. The van der Waals surface area contributed by atoms with Crippen molar-refractivity contribution in [3.63, 3.8) is 0 Å². The smallest absolute Gasteiger partial charge is 0.263 e. The Morgan fingerprint density at radius 1 is 1.19 bits per heavy atom. The molecule has 1 unspecified atom stereocenters.